The van der Waals surface area contributed by atoms with Crippen LogP contribution in [0.1, 0.15) is 80.1 Å². The molecule has 40 heavy (non-hydrogen) atoms. The Bertz CT molecular complexity index is 1220. The van der Waals surface area contributed by atoms with Gasteiger partial charge in [-0.15, -0.1) is 0 Å². The molecule has 220 valence electrons. The molecule has 7 aliphatic rings. The van der Waals surface area contributed by atoms with Gasteiger partial charge < -0.3 is 24.1 Å². The molecule has 12 atom stereocenters. The van der Waals surface area contributed by atoms with Crippen molar-refractivity contribution in [3.63, 3.8) is 0 Å². The summed E-state index contributed by atoms with van der Waals surface area (Å²) >= 11 is 1.17. The lowest BCUT2D eigenvalue weighted by Gasteiger charge is -2.59. The van der Waals surface area contributed by atoms with Crippen LogP contribution in [0.5, 0.6) is 0 Å². The number of epoxide rings is 1. The van der Waals surface area contributed by atoms with Gasteiger partial charge in [0, 0.05) is 23.2 Å². The van der Waals surface area contributed by atoms with Crippen LogP contribution in [0.3, 0.4) is 0 Å². The topological polar surface area (TPSA) is 94.6 Å². The highest BCUT2D eigenvalue weighted by atomic mass is 32.2. The lowest BCUT2D eigenvalue weighted by molar-refractivity contribution is -0.393. The molecule has 6 fully saturated rings. The summed E-state index contributed by atoms with van der Waals surface area (Å²) in [6, 6.07) is 0. The van der Waals surface area contributed by atoms with Gasteiger partial charge in [-0.25, -0.2) is 0 Å². The molecular weight excluding hydrogens is 528 g/mol. The maximum atomic E-state index is 12.6. The summed E-state index contributed by atoms with van der Waals surface area (Å²) in [5.41, 5.74) is -0.740. The molecule has 0 aromatic heterocycles. The Kier molecular flexibility index (Phi) is 5.78. The predicted molar refractivity (Wildman–Crippen MR) is 150 cm³/mol. The summed E-state index contributed by atoms with van der Waals surface area (Å²) in [5, 5.41) is 11.6. The summed E-state index contributed by atoms with van der Waals surface area (Å²) in [7, 11) is 0. The van der Waals surface area contributed by atoms with E-state index in [4.69, 9.17) is 18.9 Å². The Balaban J connectivity index is 1.19. The van der Waals surface area contributed by atoms with Crippen LogP contribution in [-0.2, 0) is 28.5 Å². The second-order valence-corrected chi connectivity index (χ2v) is 15.7. The molecule has 3 saturated heterocycles. The van der Waals surface area contributed by atoms with Crippen LogP contribution >= 0.6 is 11.8 Å². The van der Waals surface area contributed by atoms with Crippen molar-refractivity contribution in [1.82, 2.24) is 0 Å². The van der Waals surface area contributed by atoms with Gasteiger partial charge >= 0.3 is 0 Å². The fourth-order valence-corrected chi connectivity index (χ4v) is 10.7. The normalized spacial score (nSPS) is 54.1. The van der Waals surface area contributed by atoms with Crippen molar-refractivity contribution in [2.24, 2.45) is 34.5 Å². The third kappa shape index (κ3) is 3.38. The Morgan fingerprint density at radius 1 is 1.15 bits per heavy atom. The number of aliphatic hydroxyl groups excluding tert-OH is 1. The van der Waals surface area contributed by atoms with Gasteiger partial charge in [0.1, 0.15) is 11.2 Å². The summed E-state index contributed by atoms with van der Waals surface area (Å²) in [6.07, 6.45) is 11.1. The van der Waals surface area contributed by atoms with Gasteiger partial charge in [0.2, 0.25) is 0 Å². The average molecular weight is 573 g/mol. The van der Waals surface area contributed by atoms with Gasteiger partial charge in [0.15, 0.2) is 10.9 Å². The number of ether oxygens (including phenoxy) is 4. The Labute approximate surface area is 241 Å². The molecule has 0 radical (unpaired) electrons. The van der Waals surface area contributed by atoms with Gasteiger partial charge in [-0.2, -0.15) is 0 Å². The zero-order chi connectivity index (χ0) is 28.7. The summed E-state index contributed by atoms with van der Waals surface area (Å²) in [6.45, 7) is 13.0. The molecule has 3 aliphatic heterocycles. The van der Waals surface area contributed by atoms with Gasteiger partial charge in [-0.1, -0.05) is 44.2 Å². The molecule has 12 unspecified atom stereocenters. The maximum absolute atomic E-state index is 12.6. The van der Waals surface area contributed by atoms with Crippen LogP contribution in [0.25, 0.3) is 0 Å². The van der Waals surface area contributed by atoms with Crippen LogP contribution in [0.2, 0.25) is 0 Å². The quantitative estimate of drug-likeness (QED) is 0.473. The number of fused-ring (bicyclic) bond motifs is 9. The number of carbonyl (C=O) groups excluding carboxylic acids is 2. The highest BCUT2D eigenvalue weighted by Gasteiger charge is 2.81. The average Bonchev–Trinajstić information content (AvgIpc) is 3.51. The molecule has 0 amide bonds. The second-order valence-electron chi connectivity index (χ2n) is 14.9. The minimum Gasteiger partial charge on any atom is -0.392 e. The Morgan fingerprint density at radius 3 is 2.62 bits per heavy atom. The lowest BCUT2D eigenvalue weighted by atomic mass is 9.46. The van der Waals surface area contributed by atoms with E-state index in [1.165, 1.54) is 11.8 Å². The number of rotatable bonds is 4. The second kappa shape index (κ2) is 8.32. The highest BCUT2D eigenvalue weighted by molar-refractivity contribution is 8.13. The highest BCUT2D eigenvalue weighted by Crippen LogP contribution is 2.75. The molecule has 0 aromatic rings. The number of allylic oxidation sites excluding steroid dienone is 3. The molecule has 3 heterocycles. The van der Waals surface area contributed by atoms with Crippen molar-refractivity contribution < 1.29 is 33.6 Å². The van der Waals surface area contributed by atoms with E-state index < -0.39 is 23.3 Å². The van der Waals surface area contributed by atoms with Gasteiger partial charge in [-0.05, 0) is 82.6 Å². The fourth-order valence-electron chi connectivity index (χ4n) is 10.4. The van der Waals surface area contributed by atoms with Crippen LogP contribution in [0.4, 0.5) is 0 Å². The van der Waals surface area contributed by atoms with E-state index in [0.717, 1.165) is 24.8 Å². The van der Waals surface area contributed by atoms with E-state index in [0.29, 0.717) is 24.7 Å². The molecule has 4 aliphatic carbocycles. The molecule has 7 nitrogen and oxygen atoms in total. The van der Waals surface area contributed by atoms with E-state index in [9.17, 15) is 14.7 Å². The van der Waals surface area contributed by atoms with Crippen molar-refractivity contribution in [2.75, 3.05) is 6.26 Å². The van der Waals surface area contributed by atoms with Crippen molar-refractivity contribution in [1.29, 1.82) is 0 Å². The minimum atomic E-state index is -1.38. The number of aliphatic hydroxyl groups is 1. The first-order chi connectivity index (χ1) is 18.6. The van der Waals surface area contributed by atoms with Crippen molar-refractivity contribution in [3.8, 4) is 0 Å². The predicted octanol–water partition coefficient (Wildman–Crippen LogP) is 4.96. The largest absolute Gasteiger partial charge is 0.392 e. The summed E-state index contributed by atoms with van der Waals surface area (Å²) in [5.74, 6) is -0.485. The van der Waals surface area contributed by atoms with Gasteiger partial charge in [0.05, 0.1) is 30.3 Å². The third-order valence-corrected chi connectivity index (χ3v) is 13.5. The van der Waals surface area contributed by atoms with E-state index >= 15 is 0 Å². The van der Waals surface area contributed by atoms with Crippen LogP contribution in [-0.4, -0.2) is 63.3 Å². The zero-order valence-electron chi connectivity index (χ0n) is 24.8. The molecule has 1 N–H and O–H groups in total. The smallest absolute Gasteiger partial charge is 0.292 e. The third-order valence-electron chi connectivity index (χ3n) is 12.9. The first-order valence-corrected chi connectivity index (χ1v) is 16.3. The number of carbonyl (C=O) groups is 2. The molecule has 7 rings (SSSR count). The number of thioether (sulfide) groups is 1. The maximum Gasteiger partial charge on any atom is 0.292 e. The first-order valence-electron chi connectivity index (χ1n) is 15.1. The molecular formula is C32H44O7S. The molecule has 3 saturated carbocycles. The zero-order valence-corrected chi connectivity index (χ0v) is 25.6. The number of hydrogen-bond donors (Lipinski definition) is 1. The van der Waals surface area contributed by atoms with E-state index in [1.807, 2.05) is 13.8 Å². The first kappa shape index (κ1) is 27.8. The Hall–Kier alpha value is -1.03. The fraction of sp³-hybridized carbons (Fsp3) is 0.812. The van der Waals surface area contributed by atoms with Crippen LogP contribution in [0, 0.1) is 34.5 Å². The van der Waals surface area contributed by atoms with Crippen LogP contribution in [0.15, 0.2) is 23.8 Å². The van der Waals surface area contributed by atoms with E-state index in [2.05, 4.69) is 33.8 Å². The van der Waals surface area contributed by atoms with E-state index in [1.54, 1.807) is 18.4 Å². The van der Waals surface area contributed by atoms with Gasteiger partial charge in [0.25, 0.3) is 5.97 Å². The number of ketones is 1. The SMILES string of the molecule is CSC(=O)CC12OC(C(C)C34OC3CC3C5C(O)CC6=CC(=O)C=CC6(C)C5CCC34C)CC(C)(O1)C(C)(C)O2. The molecule has 8 heteroatoms. The van der Waals surface area contributed by atoms with Crippen molar-refractivity contribution >= 4 is 22.7 Å². The molecule has 0 aromatic carbocycles. The standard InChI is InChI=1S/C32H44O7S/c1-17(23-15-30(6)27(2,3)38-31(36-23,39-30)16-25(35)40-7)32-24(37-32)14-21-26-20(9-11-29(21,32)5)28(4)10-8-19(33)12-18(28)13-22(26)34/h8,10,12,17,20-24,26,34H,9,11,13-16H2,1-7H3. The molecule has 2 bridgehead atoms. The number of hydrogen-bond acceptors (Lipinski definition) is 8. The van der Waals surface area contributed by atoms with E-state index in [-0.39, 0.29) is 57.8 Å². The monoisotopic (exact) mass is 572 g/mol. The van der Waals surface area contributed by atoms with Crippen molar-refractivity contribution in [2.45, 2.75) is 121 Å². The Morgan fingerprint density at radius 2 is 1.90 bits per heavy atom. The van der Waals surface area contributed by atoms with Gasteiger partial charge in [-0.3, -0.25) is 9.59 Å². The van der Waals surface area contributed by atoms with Crippen LogP contribution < -0.4 is 0 Å². The summed E-state index contributed by atoms with van der Waals surface area (Å²) < 4.78 is 26.3. The summed E-state index contributed by atoms with van der Waals surface area (Å²) in [4.78, 5) is 24.8. The molecule has 0 spiro atoms. The van der Waals surface area contributed by atoms with Crippen molar-refractivity contribution in [3.05, 3.63) is 23.8 Å². The minimum absolute atomic E-state index is 0.0232. The lowest BCUT2D eigenvalue weighted by Crippen LogP contribution is -2.60.